The highest BCUT2D eigenvalue weighted by molar-refractivity contribution is 5.97. The van der Waals surface area contributed by atoms with Gasteiger partial charge in [-0.05, 0) is 25.0 Å². The van der Waals surface area contributed by atoms with Crippen LogP contribution in [0.5, 0.6) is 11.5 Å². The van der Waals surface area contributed by atoms with Gasteiger partial charge in [0.25, 0.3) is 5.91 Å². The van der Waals surface area contributed by atoms with Gasteiger partial charge in [0, 0.05) is 13.0 Å². The normalized spacial score (nSPS) is 12.7. The zero-order valence-electron chi connectivity index (χ0n) is 13.2. The minimum absolute atomic E-state index is 0.154. The third-order valence-electron chi connectivity index (χ3n) is 3.66. The van der Waals surface area contributed by atoms with E-state index in [1.54, 1.807) is 18.2 Å². The van der Waals surface area contributed by atoms with Crippen molar-refractivity contribution in [1.29, 1.82) is 0 Å². The van der Waals surface area contributed by atoms with E-state index in [1.165, 1.54) is 0 Å². The lowest BCUT2D eigenvalue weighted by molar-refractivity contribution is -0.137. The third-order valence-corrected chi connectivity index (χ3v) is 3.66. The molecule has 0 bridgehead atoms. The molecule has 1 aromatic carbocycles. The largest absolute Gasteiger partial charge is 0.486 e. The Morgan fingerprint density at radius 2 is 1.78 bits per heavy atom. The second-order valence-electron chi connectivity index (χ2n) is 5.50. The fraction of sp³-hybridized carbons (Fsp3) is 0.529. The number of aliphatic carboxylic acids is 1. The Hall–Kier alpha value is -2.24. The van der Waals surface area contributed by atoms with Gasteiger partial charge in [0.15, 0.2) is 11.5 Å². The molecule has 0 fully saturated rings. The van der Waals surface area contributed by atoms with Gasteiger partial charge < -0.3 is 19.9 Å². The van der Waals surface area contributed by atoms with Crippen LogP contribution in [0.4, 0.5) is 0 Å². The molecule has 1 aliphatic heterocycles. The molecular weight excluding hydrogens is 298 g/mol. The number of fused-ring (bicyclic) bond motifs is 1. The van der Waals surface area contributed by atoms with E-state index in [9.17, 15) is 9.59 Å². The second-order valence-corrected chi connectivity index (χ2v) is 5.50. The SMILES string of the molecule is O=C(O)CCCCCCCNC(=O)c1cccc2c1OCCO2. The van der Waals surface area contributed by atoms with Gasteiger partial charge in [-0.1, -0.05) is 25.3 Å². The number of carbonyl (C=O) groups excluding carboxylic acids is 1. The van der Waals surface area contributed by atoms with Gasteiger partial charge >= 0.3 is 5.97 Å². The number of amides is 1. The summed E-state index contributed by atoms with van der Waals surface area (Å²) in [5.74, 6) is 0.236. The number of hydrogen-bond donors (Lipinski definition) is 2. The number of ether oxygens (including phenoxy) is 2. The summed E-state index contributed by atoms with van der Waals surface area (Å²) in [4.78, 5) is 22.6. The lowest BCUT2D eigenvalue weighted by atomic mass is 10.1. The topological polar surface area (TPSA) is 84.9 Å². The van der Waals surface area contributed by atoms with Crippen molar-refractivity contribution in [2.75, 3.05) is 19.8 Å². The average Bonchev–Trinajstić information content (AvgIpc) is 2.56. The zero-order valence-corrected chi connectivity index (χ0v) is 13.2. The molecule has 1 heterocycles. The molecule has 126 valence electrons. The van der Waals surface area contributed by atoms with Crippen molar-refractivity contribution in [3.8, 4) is 11.5 Å². The minimum atomic E-state index is -0.741. The molecule has 0 saturated heterocycles. The first kappa shape index (κ1) is 17.1. The van der Waals surface area contributed by atoms with Crippen LogP contribution in [-0.2, 0) is 4.79 Å². The number of carboxylic acid groups (broad SMARTS) is 1. The van der Waals surface area contributed by atoms with Crippen molar-refractivity contribution in [3.63, 3.8) is 0 Å². The third kappa shape index (κ3) is 5.47. The molecule has 23 heavy (non-hydrogen) atoms. The van der Waals surface area contributed by atoms with Crippen molar-refractivity contribution < 1.29 is 24.2 Å². The molecule has 0 saturated carbocycles. The molecule has 6 heteroatoms. The molecular formula is C17H23NO5. The summed E-state index contributed by atoms with van der Waals surface area (Å²) in [6, 6.07) is 5.31. The number of carboxylic acids is 1. The molecule has 0 spiro atoms. The Labute approximate surface area is 135 Å². The van der Waals surface area contributed by atoms with Crippen molar-refractivity contribution in [2.24, 2.45) is 0 Å². The van der Waals surface area contributed by atoms with E-state index < -0.39 is 5.97 Å². The van der Waals surface area contributed by atoms with Crippen molar-refractivity contribution in [2.45, 2.75) is 38.5 Å². The predicted molar refractivity (Wildman–Crippen MR) is 85.1 cm³/mol. The number of rotatable bonds is 9. The Morgan fingerprint density at radius 1 is 1.04 bits per heavy atom. The van der Waals surface area contributed by atoms with Crippen LogP contribution in [0.2, 0.25) is 0 Å². The summed E-state index contributed by atoms with van der Waals surface area (Å²) in [5, 5.41) is 11.4. The van der Waals surface area contributed by atoms with Crippen LogP contribution >= 0.6 is 0 Å². The molecule has 1 aliphatic rings. The molecule has 0 aliphatic carbocycles. The first-order valence-electron chi connectivity index (χ1n) is 8.07. The van der Waals surface area contributed by atoms with Gasteiger partial charge in [-0.25, -0.2) is 0 Å². The van der Waals surface area contributed by atoms with Crippen LogP contribution in [0.15, 0.2) is 18.2 Å². The van der Waals surface area contributed by atoms with Crippen LogP contribution in [-0.4, -0.2) is 36.7 Å². The summed E-state index contributed by atoms with van der Waals surface area (Å²) in [7, 11) is 0. The van der Waals surface area contributed by atoms with Crippen LogP contribution in [0, 0.1) is 0 Å². The van der Waals surface area contributed by atoms with Gasteiger partial charge in [0.2, 0.25) is 0 Å². The fourth-order valence-electron chi connectivity index (χ4n) is 2.48. The Bertz CT molecular complexity index is 544. The summed E-state index contributed by atoms with van der Waals surface area (Å²) >= 11 is 0. The molecule has 2 rings (SSSR count). The first-order valence-corrected chi connectivity index (χ1v) is 8.07. The maximum Gasteiger partial charge on any atom is 0.303 e. The van der Waals surface area contributed by atoms with E-state index in [4.69, 9.17) is 14.6 Å². The number of para-hydroxylation sites is 1. The smallest absolute Gasteiger partial charge is 0.303 e. The first-order chi connectivity index (χ1) is 11.2. The minimum Gasteiger partial charge on any atom is -0.486 e. The predicted octanol–water partition coefficient (Wildman–Crippen LogP) is 2.61. The van der Waals surface area contributed by atoms with Crippen molar-refractivity contribution >= 4 is 11.9 Å². The van der Waals surface area contributed by atoms with E-state index in [-0.39, 0.29) is 12.3 Å². The van der Waals surface area contributed by atoms with Crippen molar-refractivity contribution in [1.82, 2.24) is 5.32 Å². The maximum absolute atomic E-state index is 12.2. The molecule has 0 unspecified atom stereocenters. The Kier molecular flexibility index (Phi) is 6.72. The van der Waals surface area contributed by atoms with Crippen LogP contribution in [0.3, 0.4) is 0 Å². The molecule has 0 aromatic heterocycles. The second kappa shape index (κ2) is 9.02. The van der Waals surface area contributed by atoms with Gasteiger partial charge in [0.1, 0.15) is 13.2 Å². The van der Waals surface area contributed by atoms with E-state index in [1.807, 2.05) is 0 Å². The lowest BCUT2D eigenvalue weighted by Crippen LogP contribution is -2.26. The lowest BCUT2D eigenvalue weighted by Gasteiger charge is -2.20. The summed E-state index contributed by atoms with van der Waals surface area (Å²) in [5.41, 5.74) is 0.503. The summed E-state index contributed by atoms with van der Waals surface area (Å²) in [6.07, 6.45) is 4.71. The van der Waals surface area contributed by atoms with E-state index >= 15 is 0 Å². The van der Waals surface area contributed by atoms with Crippen molar-refractivity contribution in [3.05, 3.63) is 23.8 Å². The van der Waals surface area contributed by atoms with Crippen LogP contribution in [0.1, 0.15) is 48.9 Å². The molecule has 2 N–H and O–H groups in total. The highest BCUT2D eigenvalue weighted by atomic mass is 16.6. The number of nitrogens with one attached hydrogen (secondary N) is 1. The molecule has 1 amide bonds. The van der Waals surface area contributed by atoms with E-state index in [0.717, 1.165) is 32.1 Å². The van der Waals surface area contributed by atoms with Gasteiger partial charge in [-0.15, -0.1) is 0 Å². The average molecular weight is 321 g/mol. The zero-order chi connectivity index (χ0) is 16.5. The molecule has 6 nitrogen and oxygen atoms in total. The Morgan fingerprint density at radius 3 is 2.61 bits per heavy atom. The Balaban J connectivity index is 1.67. The number of carbonyl (C=O) groups is 2. The van der Waals surface area contributed by atoms with Gasteiger partial charge in [-0.2, -0.15) is 0 Å². The quantitative estimate of drug-likeness (QED) is 0.683. The molecule has 0 radical (unpaired) electrons. The molecule has 0 atom stereocenters. The molecule has 1 aromatic rings. The number of unbranched alkanes of at least 4 members (excludes halogenated alkanes) is 4. The van der Waals surface area contributed by atoms with Gasteiger partial charge in [-0.3, -0.25) is 9.59 Å². The van der Waals surface area contributed by atoms with Gasteiger partial charge in [0.05, 0.1) is 5.56 Å². The number of benzene rings is 1. The fourth-order valence-corrected chi connectivity index (χ4v) is 2.48. The summed E-state index contributed by atoms with van der Waals surface area (Å²) in [6.45, 7) is 1.55. The van der Waals surface area contributed by atoms with E-state index in [0.29, 0.717) is 36.8 Å². The monoisotopic (exact) mass is 321 g/mol. The van der Waals surface area contributed by atoms with Crippen LogP contribution < -0.4 is 14.8 Å². The number of hydrogen-bond acceptors (Lipinski definition) is 4. The van der Waals surface area contributed by atoms with E-state index in [2.05, 4.69) is 5.32 Å². The standard InChI is InChI=1S/C17H23NO5/c19-15(20)9-4-2-1-3-5-10-18-17(21)13-7-6-8-14-16(13)23-12-11-22-14/h6-8H,1-5,9-12H2,(H,18,21)(H,19,20). The maximum atomic E-state index is 12.2. The highest BCUT2D eigenvalue weighted by Gasteiger charge is 2.19. The summed E-state index contributed by atoms with van der Waals surface area (Å²) < 4.78 is 11.0. The highest BCUT2D eigenvalue weighted by Crippen LogP contribution is 2.33. The van der Waals surface area contributed by atoms with Crippen LogP contribution in [0.25, 0.3) is 0 Å².